The summed E-state index contributed by atoms with van der Waals surface area (Å²) in [5.41, 5.74) is 1.26. The van der Waals surface area contributed by atoms with Crippen LogP contribution in [0.3, 0.4) is 0 Å². The van der Waals surface area contributed by atoms with Crippen molar-refractivity contribution in [2.75, 3.05) is 5.32 Å². The summed E-state index contributed by atoms with van der Waals surface area (Å²) in [5.74, 6) is -1.01. The number of nitrogens with zero attached hydrogens (tertiary/aromatic N) is 2. The predicted molar refractivity (Wildman–Crippen MR) is 70.1 cm³/mol. The van der Waals surface area contributed by atoms with Crippen LogP contribution < -0.4 is 5.32 Å². The number of carboxylic acids is 1. The quantitative estimate of drug-likeness (QED) is 0.866. The van der Waals surface area contributed by atoms with Gasteiger partial charge in [-0.1, -0.05) is 30.3 Å². The van der Waals surface area contributed by atoms with Crippen LogP contribution in [0.25, 0.3) is 0 Å². The number of aliphatic carboxylic acids is 1. The first kappa shape index (κ1) is 13.6. The van der Waals surface area contributed by atoms with E-state index in [2.05, 4.69) is 10.4 Å². The zero-order valence-electron chi connectivity index (χ0n) is 10.5. The number of hydrogen-bond acceptors (Lipinski definition) is 4. The summed E-state index contributed by atoms with van der Waals surface area (Å²) >= 11 is 0. The summed E-state index contributed by atoms with van der Waals surface area (Å²) in [6, 6.07) is 9.27. The van der Waals surface area contributed by atoms with Crippen molar-refractivity contribution in [3.63, 3.8) is 0 Å². The molecule has 0 spiro atoms. The highest BCUT2D eigenvalue weighted by molar-refractivity contribution is 5.84. The highest BCUT2D eigenvalue weighted by atomic mass is 16.5. The summed E-state index contributed by atoms with van der Waals surface area (Å²) in [4.78, 5) is 22.0. The van der Waals surface area contributed by atoms with Crippen molar-refractivity contribution < 1.29 is 19.4 Å². The van der Waals surface area contributed by atoms with E-state index in [0.29, 0.717) is 5.69 Å². The van der Waals surface area contributed by atoms with E-state index in [1.807, 2.05) is 30.3 Å². The fourth-order valence-electron chi connectivity index (χ4n) is 1.53. The number of hydrogen-bond donors (Lipinski definition) is 2. The van der Waals surface area contributed by atoms with Gasteiger partial charge in [0.25, 0.3) is 0 Å². The highest BCUT2D eigenvalue weighted by Crippen LogP contribution is 2.07. The molecule has 1 heterocycles. The number of benzene rings is 1. The standard InChI is InChI=1S/C13H13N3O4/c17-12(18)8-16-7-11(6-14-16)15-13(19)20-9-10-4-2-1-3-5-10/h1-7H,8-9H2,(H,15,19)(H,17,18). The minimum atomic E-state index is -1.01. The van der Waals surface area contributed by atoms with Gasteiger partial charge in [0.05, 0.1) is 11.9 Å². The molecule has 0 unspecified atom stereocenters. The number of rotatable bonds is 5. The summed E-state index contributed by atoms with van der Waals surface area (Å²) in [6.45, 7) is -0.101. The number of carbonyl (C=O) groups excluding carboxylic acids is 1. The van der Waals surface area contributed by atoms with Crippen molar-refractivity contribution in [2.24, 2.45) is 0 Å². The van der Waals surface area contributed by atoms with Crippen LogP contribution in [0.4, 0.5) is 10.5 Å². The van der Waals surface area contributed by atoms with Gasteiger partial charge in [0, 0.05) is 6.20 Å². The summed E-state index contributed by atoms with van der Waals surface area (Å²) < 4.78 is 6.22. The van der Waals surface area contributed by atoms with Crippen LogP contribution in [0, 0.1) is 0 Å². The van der Waals surface area contributed by atoms with Gasteiger partial charge < -0.3 is 9.84 Å². The Labute approximate surface area is 114 Å². The third kappa shape index (κ3) is 4.13. The van der Waals surface area contributed by atoms with Crippen LogP contribution in [-0.2, 0) is 22.7 Å². The Balaban J connectivity index is 1.82. The SMILES string of the molecule is O=C(O)Cn1cc(NC(=O)OCc2ccccc2)cn1. The van der Waals surface area contributed by atoms with Crippen LogP contribution >= 0.6 is 0 Å². The molecular formula is C13H13N3O4. The summed E-state index contributed by atoms with van der Waals surface area (Å²) in [7, 11) is 0. The molecular weight excluding hydrogens is 262 g/mol. The molecule has 104 valence electrons. The van der Waals surface area contributed by atoms with Crippen molar-refractivity contribution in [3.05, 3.63) is 48.3 Å². The van der Waals surface area contributed by atoms with Crippen molar-refractivity contribution in [2.45, 2.75) is 13.2 Å². The average molecular weight is 275 g/mol. The molecule has 2 aromatic rings. The van der Waals surface area contributed by atoms with Crippen molar-refractivity contribution in [1.29, 1.82) is 0 Å². The summed E-state index contributed by atoms with van der Waals surface area (Å²) in [6.07, 6.45) is 2.15. The number of carboxylic acid groups (broad SMARTS) is 1. The lowest BCUT2D eigenvalue weighted by Gasteiger charge is -2.05. The molecule has 0 aliphatic rings. The smallest absolute Gasteiger partial charge is 0.412 e. The Bertz CT molecular complexity index is 595. The minimum absolute atomic E-state index is 0.163. The molecule has 7 heteroatoms. The third-order valence-corrected chi connectivity index (χ3v) is 2.39. The van der Waals surface area contributed by atoms with E-state index < -0.39 is 12.1 Å². The maximum absolute atomic E-state index is 11.5. The van der Waals surface area contributed by atoms with E-state index in [0.717, 1.165) is 5.56 Å². The molecule has 7 nitrogen and oxygen atoms in total. The number of ether oxygens (including phenoxy) is 1. The normalized spacial score (nSPS) is 10.0. The molecule has 0 saturated carbocycles. The fourth-order valence-corrected chi connectivity index (χ4v) is 1.53. The molecule has 2 rings (SSSR count). The zero-order chi connectivity index (χ0) is 14.4. The van der Waals surface area contributed by atoms with E-state index in [1.54, 1.807) is 0 Å². The van der Waals surface area contributed by atoms with Gasteiger partial charge in [-0.05, 0) is 5.56 Å². The number of anilines is 1. The van der Waals surface area contributed by atoms with Crippen LogP contribution in [0.2, 0.25) is 0 Å². The lowest BCUT2D eigenvalue weighted by Crippen LogP contribution is -2.13. The lowest BCUT2D eigenvalue weighted by molar-refractivity contribution is -0.137. The fraction of sp³-hybridized carbons (Fsp3) is 0.154. The molecule has 1 amide bonds. The molecule has 1 aromatic heterocycles. The number of aromatic nitrogens is 2. The Morgan fingerprint density at radius 2 is 2.05 bits per heavy atom. The molecule has 20 heavy (non-hydrogen) atoms. The number of carbonyl (C=O) groups is 2. The van der Waals surface area contributed by atoms with Crippen LogP contribution in [0.5, 0.6) is 0 Å². The Kier molecular flexibility index (Phi) is 4.33. The molecule has 0 aliphatic heterocycles. The average Bonchev–Trinajstić information content (AvgIpc) is 2.84. The van der Waals surface area contributed by atoms with Crippen molar-refractivity contribution in [1.82, 2.24) is 9.78 Å². The van der Waals surface area contributed by atoms with Crippen LogP contribution in [-0.4, -0.2) is 26.9 Å². The first-order chi connectivity index (χ1) is 9.63. The molecule has 0 fully saturated rings. The molecule has 1 aromatic carbocycles. The second-order valence-electron chi connectivity index (χ2n) is 4.01. The zero-order valence-corrected chi connectivity index (χ0v) is 10.5. The van der Waals surface area contributed by atoms with Gasteiger partial charge in [-0.3, -0.25) is 14.8 Å². The van der Waals surface area contributed by atoms with E-state index in [9.17, 15) is 9.59 Å². The van der Waals surface area contributed by atoms with Crippen molar-refractivity contribution in [3.8, 4) is 0 Å². The van der Waals surface area contributed by atoms with Gasteiger partial charge in [0.2, 0.25) is 0 Å². The second-order valence-corrected chi connectivity index (χ2v) is 4.01. The predicted octanol–water partition coefficient (Wildman–Crippen LogP) is 1.72. The Morgan fingerprint density at radius 1 is 1.30 bits per heavy atom. The van der Waals surface area contributed by atoms with Crippen LogP contribution in [0.15, 0.2) is 42.7 Å². The molecule has 0 bridgehead atoms. The number of nitrogens with one attached hydrogen (secondary N) is 1. The number of amides is 1. The van der Waals surface area contributed by atoms with Gasteiger partial charge >= 0.3 is 12.1 Å². The monoisotopic (exact) mass is 275 g/mol. The lowest BCUT2D eigenvalue weighted by atomic mass is 10.2. The molecule has 2 N–H and O–H groups in total. The highest BCUT2D eigenvalue weighted by Gasteiger charge is 2.07. The van der Waals surface area contributed by atoms with Gasteiger partial charge in [-0.2, -0.15) is 5.10 Å². The van der Waals surface area contributed by atoms with E-state index in [4.69, 9.17) is 9.84 Å². The van der Waals surface area contributed by atoms with Crippen molar-refractivity contribution >= 4 is 17.7 Å². The molecule has 0 atom stereocenters. The molecule has 0 aliphatic carbocycles. The topological polar surface area (TPSA) is 93.5 Å². The van der Waals surface area contributed by atoms with Gasteiger partial charge in [-0.25, -0.2) is 4.79 Å². The second kappa shape index (κ2) is 6.37. The first-order valence-electron chi connectivity index (χ1n) is 5.85. The van der Waals surface area contributed by atoms with E-state index >= 15 is 0 Å². The Morgan fingerprint density at radius 3 is 2.75 bits per heavy atom. The summed E-state index contributed by atoms with van der Waals surface area (Å²) in [5, 5.41) is 14.9. The van der Waals surface area contributed by atoms with Gasteiger partial charge in [0.1, 0.15) is 13.2 Å². The van der Waals surface area contributed by atoms with E-state index in [1.165, 1.54) is 17.1 Å². The van der Waals surface area contributed by atoms with E-state index in [-0.39, 0.29) is 13.2 Å². The Hall–Kier alpha value is -2.83. The largest absolute Gasteiger partial charge is 0.480 e. The maximum Gasteiger partial charge on any atom is 0.412 e. The minimum Gasteiger partial charge on any atom is -0.480 e. The van der Waals surface area contributed by atoms with Crippen LogP contribution in [0.1, 0.15) is 5.56 Å². The first-order valence-corrected chi connectivity index (χ1v) is 5.85. The van der Waals surface area contributed by atoms with Gasteiger partial charge in [-0.15, -0.1) is 0 Å². The molecule has 0 radical (unpaired) electrons. The maximum atomic E-state index is 11.5. The molecule has 0 saturated heterocycles. The van der Waals surface area contributed by atoms with Gasteiger partial charge in [0.15, 0.2) is 0 Å². The third-order valence-electron chi connectivity index (χ3n) is 2.39.